The predicted molar refractivity (Wildman–Crippen MR) is 79.8 cm³/mol. The maximum absolute atomic E-state index is 14.2. The summed E-state index contributed by atoms with van der Waals surface area (Å²) in [6.45, 7) is -0.504. The van der Waals surface area contributed by atoms with Crippen molar-refractivity contribution in [1.82, 2.24) is 10.2 Å². The van der Waals surface area contributed by atoms with Crippen LogP contribution in [0.3, 0.4) is 0 Å². The number of carbonyl (C=O) groups excluding carboxylic acids is 3. The highest BCUT2D eigenvalue weighted by Crippen LogP contribution is 2.38. The molecule has 0 saturated carbocycles. The van der Waals surface area contributed by atoms with Crippen LogP contribution in [-0.2, 0) is 14.3 Å². The molecular formula is C16H16F2N2O5. The molecular weight excluding hydrogens is 338 g/mol. The first-order chi connectivity index (χ1) is 11.9. The highest BCUT2D eigenvalue weighted by molar-refractivity contribution is 5.96. The standard InChI is InChI=1S/C16H16F2N2O5/c17-16(18)8-11(9-24-13(22)10-4-2-1-3-5-10)25-14(16)20-7-6-12(21)19-15(20)23/h1-5,11,14H,6-9H2,(H,19,21,23)/t11-,14+/m0/s1. The van der Waals surface area contributed by atoms with E-state index >= 15 is 0 Å². The van der Waals surface area contributed by atoms with E-state index in [1.807, 2.05) is 5.32 Å². The number of nitrogens with one attached hydrogen (secondary N) is 1. The monoisotopic (exact) mass is 354 g/mol. The molecule has 0 aliphatic carbocycles. The number of amides is 3. The molecule has 2 saturated heterocycles. The normalized spacial score (nSPS) is 25.6. The number of benzene rings is 1. The van der Waals surface area contributed by atoms with Crippen molar-refractivity contribution in [2.45, 2.75) is 31.1 Å². The van der Waals surface area contributed by atoms with E-state index in [0.717, 1.165) is 4.90 Å². The molecule has 1 N–H and O–H groups in total. The van der Waals surface area contributed by atoms with Crippen LogP contribution < -0.4 is 5.32 Å². The van der Waals surface area contributed by atoms with Crippen LogP contribution in [0.2, 0.25) is 0 Å². The van der Waals surface area contributed by atoms with Gasteiger partial charge in [0.15, 0.2) is 6.23 Å². The molecule has 0 spiro atoms. The number of nitrogens with zero attached hydrogens (tertiary/aromatic N) is 1. The predicted octanol–water partition coefficient (Wildman–Crippen LogP) is 1.54. The highest BCUT2D eigenvalue weighted by atomic mass is 19.3. The average molecular weight is 354 g/mol. The largest absolute Gasteiger partial charge is 0.459 e. The minimum absolute atomic E-state index is 0.0741. The fourth-order valence-electron chi connectivity index (χ4n) is 2.76. The summed E-state index contributed by atoms with van der Waals surface area (Å²) in [6.07, 6.45) is -3.59. The number of imide groups is 1. The number of hydrogen-bond donors (Lipinski definition) is 1. The summed E-state index contributed by atoms with van der Waals surface area (Å²) in [7, 11) is 0. The van der Waals surface area contributed by atoms with Gasteiger partial charge in [-0.3, -0.25) is 15.0 Å². The minimum atomic E-state index is -3.30. The van der Waals surface area contributed by atoms with Gasteiger partial charge in [0, 0.05) is 19.4 Å². The third-order valence-corrected chi connectivity index (χ3v) is 3.96. The van der Waals surface area contributed by atoms with Gasteiger partial charge in [-0.1, -0.05) is 18.2 Å². The van der Waals surface area contributed by atoms with Crippen LogP contribution in [0.25, 0.3) is 0 Å². The number of esters is 1. The molecule has 0 radical (unpaired) electrons. The van der Waals surface area contributed by atoms with E-state index in [9.17, 15) is 23.2 Å². The SMILES string of the molecule is O=C1CCN([C@@H]2O[C@H](COC(=O)c3ccccc3)CC2(F)F)C(=O)N1. The highest BCUT2D eigenvalue weighted by Gasteiger charge is 2.55. The van der Waals surface area contributed by atoms with Crippen LogP contribution >= 0.6 is 0 Å². The Hall–Kier alpha value is -2.55. The van der Waals surface area contributed by atoms with E-state index in [0.29, 0.717) is 5.56 Å². The molecule has 0 bridgehead atoms. The molecule has 2 aliphatic heterocycles. The molecule has 1 aromatic carbocycles. The van der Waals surface area contributed by atoms with Gasteiger partial charge in [-0.2, -0.15) is 0 Å². The maximum atomic E-state index is 14.2. The number of rotatable bonds is 4. The maximum Gasteiger partial charge on any atom is 0.338 e. The van der Waals surface area contributed by atoms with Crippen molar-refractivity contribution >= 4 is 17.9 Å². The zero-order valence-corrected chi connectivity index (χ0v) is 13.1. The van der Waals surface area contributed by atoms with Crippen LogP contribution in [0, 0.1) is 0 Å². The van der Waals surface area contributed by atoms with Crippen LogP contribution in [0.5, 0.6) is 0 Å². The average Bonchev–Trinajstić information content (AvgIpc) is 2.88. The van der Waals surface area contributed by atoms with E-state index in [2.05, 4.69) is 0 Å². The van der Waals surface area contributed by atoms with Crippen molar-refractivity contribution in [2.75, 3.05) is 13.2 Å². The lowest BCUT2D eigenvalue weighted by atomic mass is 10.1. The molecule has 134 valence electrons. The molecule has 7 nitrogen and oxygen atoms in total. The Kier molecular flexibility index (Phi) is 4.67. The Labute approximate surface area is 141 Å². The smallest absolute Gasteiger partial charge is 0.338 e. The number of urea groups is 1. The van der Waals surface area contributed by atoms with Crippen LogP contribution in [-0.4, -0.2) is 54.2 Å². The van der Waals surface area contributed by atoms with Gasteiger partial charge in [0.1, 0.15) is 12.7 Å². The van der Waals surface area contributed by atoms with Gasteiger partial charge in [0.05, 0.1) is 5.56 Å². The molecule has 2 atom stereocenters. The molecule has 2 aliphatic rings. The van der Waals surface area contributed by atoms with Gasteiger partial charge in [0.25, 0.3) is 5.92 Å². The Morgan fingerprint density at radius 1 is 1.32 bits per heavy atom. The Morgan fingerprint density at radius 2 is 2.04 bits per heavy atom. The van der Waals surface area contributed by atoms with Crippen molar-refractivity contribution in [1.29, 1.82) is 0 Å². The first-order valence-electron chi connectivity index (χ1n) is 7.73. The number of alkyl halides is 2. The zero-order valence-electron chi connectivity index (χ0n) is 13.1. The molecule has 2 fully saturated rings. The Morgan fingerprint density at radius 3 is 2.72 bits per heavy atom. The second-order valence-electron chi connectivity index (χ2n) is 5.84. The van der Waals surface area contributed by atoms with Gasteiger partial charge >= 0.3 is 12.0 Å². The number of hydrogen-bond acceptors (Lipinski definition) is 5. The molecule has 9 heteroatoms. The summed E-state index contributed by atoms with van der Waals surface area (Å²) in [5.41, 5.74) is 0.303. The lowest BCUT2D eigenvalue weighted by Gasteiger charge is -2.33. The minimum Gasteiger partial charge on any atom is -0.459 e. The third kappa shape index (κ3) is 3.76. The molecule has 1 aromatic rings. The Bertz CT molecular complexity index is 682. The molecule has 0 unspecified atom stereocenters. The van der Waals surface area contributed by atoms with Gasteiger partial charge in [0.2, 0.25) is 5.91 Å². The number of ether oxygens (including phenoxy) is 2. The second kappa shape index (κ2) is 6.75. The quantitative estimate of drug-likeness (QED) is 0.829. The van der Waals surface area contributed by atoms with Gasteiger partial charge in [-0.05, 0) is 12.1 Å². The van der Waals surface area contributed by atoms with Crippen LogP contribution in [0.15, 0.2) is 30.3 Å². The van der Waals surface area contributed by atoms with Crippen molar-refractivity contribution in [3.8, 4) is 0 Å². The van der Waals surface area contributed by atoms with E-state index in [1.165, 1.54) is 0 Å². The third-order valence-electron chi connectivity index (χ3n) is 3.96. The van der Waals surface area contributed by atoms with E-state index < -0.39 is 42.6 Å². The fraction of sp³-hybridized carbons (Fsp3) is 0.438. The number of carbonyl (C=O) groups is 3. The summed E-state index contributed by atoms with van der Waals surface area (Å²) in [5.74, 6) is -4.46. The lowest BCUT2D eigenvalue weighted by molar-refractivity contribution is -0.146. The molecule has 3 amide bonds. The molecule has 3 rings (SSSR count). The fourth-order valence-corrected chi connectivity index (χ4v) is 2.76. The van der Waals surface area contributed by atoms with Crippen LogP contribution in [0.1, 0.15) is 23.2 Å². The second-order valence-corrected chi connectivity index (χ2v) is 5.84. The number of halogens is 2. The van der Waals surface area contributed by atoms with Crippen molar-refractivity contribution in [2.24, 2.45) is 0 Å². The molecule has 25 heavy (non-hydrogen) atoms. The van der Waals surface area contributed by atoms with Gasteiger partial charge in [-0.15, -0.1) is 0 Å². The summed E-state index contributed by atoms with van der Waals surface area (Å²) in [4.78, 5) is 35.5. The summed E-state index contributed by atoms with van der Waals surface area (Å²) < 4.78 is 38.6. The zero-order chi connectivity index (χ0) is 18.0. The van der Waals surface area contributed by atoms with Crippen LogP contribution in [0.4, 0.5) is 13.6 Å². The van der Waals surface area contributed by atoms with Crippen molar-refractivity contribution in [3.63, 3.8) is 0 Å². The van der Waals surface area contributed by atoms with Crippen molar-refractivity contribution in [3.05, 3.63) is 35.9 Å². The van der Waals surface area contributed by atoms with E-state index in [4.69, 9.17) is 9.47 Å². The van der Waals surface area contributed by atoms with Crippen molar-refractivity contribution < 1.29 is 32.6 Å². The van der Waals surface area contributed by atoms with Gasteiger partial charge < -0.3 is 9.47 Å². The van der Waals surface area contributed by atoms with E-state index in [-0.39, 0.29) is 19.6 Å². The Balaban J connectivity index is 1.59. The summed E-state index contributed by atoms with van der Waals surface area (Å²) >= 11 is 0. The molecule has 0 aromatic heterocycles. The summed E-state index contributed by atoms with van der Waals surface area (Å²) in [5, 5.41) is 1.98. The van der Waals surface area contributed by atoms with Gasteiger partial charge in [-0.25, -0.2) is 18.4 Å². The lowest BCUT2D eigenvalue weighted by Crippen LogP contribution is -2.57. The molecule has 2 heterocycles. The first-order valence-corrected chi connectivity index (χ1v) is 7.73. The summed E-state index contributed by atoms with van der Waals surface area (Å²) in [6, 6.07) is 7.22. The first kappa shape index (κ1) is 17.3. The topological polar surface area (TPSA) is 84.9 Å². The van der Waals surface area contributed by atoms with E-state index in [1.54, 1.807) is 30.3 Å².